The Morgan fingerprint density at radius 3 is 2.33 bits per heavy atom. The van der Waals surface area contributed by atoms with Gasteiger partial charge in [-0.3, -0.25) is 24.0 Å². The third-order valence-electron chi connectivity index (χ3n) is 7.35. The van der Waals surface area contributed by atoms with Crippen LogP contribution in [0.5, 0.6) is 0 Å². The molecule has 2 aromatic carbocycles. The van der Waals surface area contributed by atoms with Gasteiger partial charge in [0.05, 0.1) is 16.9 Å². The zero-order chi connectivity index (χ0) is 31.3. The minimum absolute atomic E-state index is 0.116. The number of anilines is 1. The summed E-state index contributed by atoms with van der Waals surface area (Å²) in [5, 5.41) is 42.9. The normalized spacial score (nSPS) is 15.3. The molecule has 4 rings (SSSR count). The number of aliphatic hydroxyl groups is 1. The van der Waals surface area contributed by atoms with Crippen LogP contribution in [0.4, 0.5) is 5.69 Å². The number of aliphatic carboxylic acids is 3. The van der Waals surface area contributed by atoms with Crippen LogP contribution in [0.3, 0.4) is 0 Å². The van der Waals surface area contributed by atoms with Gasteiger partial charge in [0.1, 0.15) is 30.2 Å². The van der Waals surface area contributed by atoms with Crippen molar-refractivity contribution >= 4 is 46.2 Å². The maximum Gasteiger partial charge on any atom is 0.326 e. The van der Waals surface area contributed by atoms with Gasteiger partial charge in [-0.2, -0.15) is 0 Å². The van der Waals surface area contributed by atoms with Gasteiger partial charge in [-0.1, -0.05) is 0 Å². The summed E-state index contributed by atoms with van der Waals surface area (Å²) in [6, 6.07) is 8.33. The molecule has 1 heterocycles. The van der Waals surface area contributed by atoms with Crippen molar-refractivity contribution in [3.63, 3.8) is 0 Å². The van der Waals surface area contributed by atoms with Crippen molar-refractivity contribution < 1.29 is 44.4 Å². The topological polar surface area (TPSA) is 236 Å². The monoisotopic (exact) mass is 594 g/mol. The average Bonchev–Trinajstić information content (AvgIpc) is 3.35. The lowest BCUT2D eigenvalue weighted by Crippen LogP contribution is -2.41. The molecule has 0 saturated carbocycles. The van der Waals surface area contributed by atoms with Crippen LogP contribution in [0.15, 0.2) is 41.2 Å². The summed E-state index contributed by atoms with van der Waals surface area (Å²) < 4.78 is 0. The Morgan fingerprint density at radius 1 is 0.977 bits per heavy atom. The maximum absolute atomic E-state index is 12.8. The van der Waals surface area contributed by atoms with Crippen LogP contribution in [0.25, 0.3) is 10.9 Å². The van der Waals surface area contributed by atoms with Crippen LogP contribution in [0.2, 0.25) is 0 Å². The predicted octanol–water partition coefficient (Wildman–Crippen LogP) is 1.61. The maximum atomic E-state index is 12.8. The van der Waals surface area contributed by atoms with Crippen LogP contribution in [-0.4, -0.2) is 66.0 Å². The highest BCUT2D eigenvalue weighted by atomic mass is 16.4. The van der Waals surface area contributed by atoms with Crippen molar-refractivity contribution in [2.75, 3.05) is 5.32 Å². The van der Waals surface area contributed by atoms with Gasteiger partial charge in [-0.25, -0.2) is 9.78 Å². The van der Waals surface area contributed by atoms with Crippen molar-refractivity contribution in [3.05, 3.63) is 69.3 Å². The molecule has 0 bridgehead atoms. The van der Waals surface area contributed by atoms with Gasteiger partial charge in [0.25, 0.3) is 11.5 Å². The second-order valence-corrected chi connectivity index (χ2v) is 10.2. The molecule has 0 aliphatic heterocycles. The van der Waals surface area contributed by atoms with Gasteiger partial charge in [0.15, 0.2) is 0 Å². The first-order valence-electron chi connectivity index (χ1n) is 13.5. The molecular formula is C29H30N4O10. The first-order chi connectivity index (χ1) is 20.5. The number of ketones is 1. The molecule has 0 unspecified atom stereocenters. The molecule has 3 aromatic rings. The minimum atomic E-state index is -1.58. The Labute approximate surface area is 243 Å². The Balaban J connectivity index is 1.38. The van der Waals surface area contributed by atoms with Crippen molar-refractivity contribution in [1.29, 1.82) is 0 Å². The molecule has 0 spiro atoms. The summed E-state index contributed by atoms with van der Waals surface area (Å²) >= 11 is 0. The highest BCUT2D eigenvalue weighted by Gasteiger charge is 2.29. The number of benzene rings is 2. The number of aryl methyl sites for hydroxylation is 1. The van der Waals surface area contributed by atoms with E-state index in [0.29, 0.717) is 16.6 Å². The molecule has 0 saturated heterocycles. The Morgan fingerprint density at radius 2 is 1.70 bits per heavy atom. The number of nitrogens with one attached hydrogen (secondary N) is 3. The number of fused-ring (bicyclic) bond motifs is 2. The van der Waals surface area contributed by atoms with E-state index in [1.807, 2.05) is 6.07 Å². The lowest BCUT2D eigenvalue weighted by atomic mass is 9.94. The number of aliphatic hydroxyl groups excluding tert-OH is 1. The van der Waals surface area contributed by atoms with E-state index in [2.05, 4.69) is 20.6 Å². The van der Waals surface area contributed by atoms with E-state index < -0.39 is 60.8 Å². The number of hydrogen-bond acceptors (Lipinski definition) is 9. The molecular weight excluding hydrogens is 564 g/mol. The lowest BCUT2D eigenvalue weighted by molar-refractivity contribution is -0.147. The molecule has 1 aliphatic carbocycles. The fraction of sp³-hybridized carbons (Fsp3) is 0.345. The number of aromatic amines is 1. The number of carbonyl (C=O) groups excluding carboxylic acids is 2. The standard InChI is InChI=1S/C29H30N4O10/c34-13-24-31-22-11-15-3-7-20(18(15)12-19(22)27(39)33-24)30-16-4-1-14(2-5-16)26(38)32-21(29(42)43)8-9-23(35)17(28(40)41)6-10-25(36)37/h1-2,4-5,11-12,17,20-21,30,34H,3,6-10,13H2,(H,32,38)(H,36,37)(H,40,41)(H,42,43)(H,31,33,39)/t17-,20+,21+/m1/s1. The second kappa shape index (κ2) is 13.2. The minimum Gasteiger partial charge on any atom is -0.481 e. The van der Waals surface area contributed by atoms with Crippen molar-refractivity contribution in [3.8, 4) is 0 Å². The third-order valence-corrected chi connectivity index (χ3v) is 7.35. The Bertz CT molecular complexity index is 1630. The average molecular weight is 595 g/mol. The molecule has 1 amide bonds. The Kier molecular flexibility index (Phi) is 9.50. The number of amides is 1. The van der Waals surface area contributed by atoms with E-state index >= 15 is 0 Å². The molecule has 3 atom stereocenters. The van der Waals surface area contributed by atoms with E-state index in [9.17, 15) is 44.1 Å². The van der Waals surface area contributed by atoms with E-state index in [0.717, 1.165) is 24.0 Å². The SMILES string of the molecule is O=C(O)CC[C@@H](C(=O)O)C(=O)CC[C@H](NC(=O)c1ccc(N[C@H]2CCc3cc4nc(CO)[nH]c(=O)c4cc32)cc1)C(=O)O. The van der Waals surface area contributed by atoms with Gasteiger partial charge >= 0.3 is 17.9 Å². The van der Waals surface area contributed by atoms with Crippen LogP contribution >= 0.6 is 0 Å². The summed E-state index contributed by atoms with van der Waals surface area (Å²) in [5.41, 5.74) is 2.96. The number of rotatable bonds is 14. The van der Waals surface area contributed by atoms with Crippen LogP contribution < -0.4 is 16.2 Å². The largest absolute Gasteiger partial charge is 0.481 e. The van der Waals surface area contributed by atoms with E-state index in [-0.39, 0.29) is 36.0 Å². The fourth-order valence-corrected chi connectivity index (χ4v) is 5.08. The third kappa shape index (κ3) is 7.40. The highest BCUT2D eigenvalue weighted by molar-refractivity contribution is 5.99. The van der Waals surface area contributed by atoms with Gasteiger partial charge in [0, 0.05) is 24.1 Å². The molecule has 0 radical (unpaired) electrons. The molecule has 14 heteroatoms. The zero-order valence-corrected chi connectivity index (χ0v) is 22.8. The highest BCUT2D eigenvalue weighted by Crippen LogP contribution is 2.35. The summed E-state index contributed by atoms with van der Waals surface area (Å²) in [4.78, 5) is 78.2. The van der Waals surface area contributed by atoms with Gasteiger partial charge in [-0.15, -0.1) is 0 Å². The number of H-pyrrole nitrogens is 1. The van der Waals surface area contributed by atoms with Gasteiger partial charge < -0.3 is 36.0 Å². The Hall–Kier alpha value is -5.11. The molecule has 7 N–H and O–H groups in total. The van der Waals surface area contributed by atoms with E-state index in [1.165, 1.54) is 12.1 Å². The summed E-state index contributed by atoms with van der Waals surface area (Å²) in [7, 11) is 0. The number of aromatic nitrogens is 2. The predicted molar refractivity (Wildman–Crippen MR) is 151 cm³/mol. The number of carboxylic acids is 3. The number of carbonyl (C=O) groups is 5. The number of nitrogens with zero attached hydrogens (tertiary/aromatic N) is 1. The lowest BCUT2D eigenvalue weighted by Gasteiger charge is -2.17. The zero-order valence-electron chi connectivity index (χ0n) is 22.8. The molecule has 226 valence electrons. The van der Waals surface area contributed by atoms with E-state index in [4.69, 9.17) is 5.11 Å². The molecule has 14 nitrogen and oxygen atoms in total. The number of hydrogen-bond donors (Lipinski definition) is 7. The second-order valence-electron chi connectivity index (χ2n) is 10.2. The first kappa shape index (κ1) is 30.8. The fourth-order valence-electron chi connectivity index (χ4n) is 5.08. The van der Waals surface area contributed by atoms with Crippen LogP contribution in [-0.2, 0) is 32.2 Å². The molecule has 1 aromatic heterocycles. The number of Topliss-reactive ketones (excluding diaryl/α,β-unsaturated/α-hetero) is 1. The van der Waals surface area contributed by atoms with Crippen molar-refractivity contribution in [2.45, 2.75) is 57.2 Å². The van der Waals surface area contributed by atoms with Crippen molar-refractivity contribution in [2.24, 2.45) is 5.92 Å². The van der Waals surface area contributed by atoms with Crippen molar-refractivity contribution in [1.82, 2.24) is 15.3 Å². The summed E-state index contributed by atoms with van der Waals surface area (Å²) in [6.45, 7) is -0.375. The molecule has 43 heavy (non-hydrogen) atoms. The molecule has 0 fully saturated rings. The smallest absolute Gasteiger partial charge is 0.326 e. The molecule has 1 aliphatic rings. The summed E-state index contributed by atoms with van der Waals surface area (Å²) in [5.74, 6) is -7.08. The van der Waals surface area contributed by atoms with E-state index in [1.54, 1.807) is 18.2 Å². The van der Waals surface area contributed by atoms with Crippen LogP contribution in [0, 0.1) is 5.92 Å². The van der Waals surface area contributed by atoms with Gasteiger partial charge in [-0.05, 0) is 73.2 Å². The summed E-state index contributed by atoms with van der Waals surface area (Å²) in [6.07, 6.45) is -0.293. The van der Waals surface area contributed by atoms with Crippen LogP contribution in [0.1, 0.15) is 65.5 Å². The quantitative estimate of drug-likeness (QED) is 0.132. The van der Waals surface area contributed by atoms with Gasteiger partial charge in [0.2, 0.25) is 0 Å². The number of carboxylic acid groups (broad SMARTS) is 3. The first-order valence-corrected chi connectivity index (χ1v) is 13.5.